The minimum absolute atomic E-state index is 0.316. The molecule has 0 saturated carbocycles. The standard InChI is InChI=1S/C17H18FNO2/c1-2-3-10-4-7-14-13(8-10)16(17(20)21)12-6-5-11(18)9-15(12)19-14/h5-6,9-10H,2-4,7-8H2,1H3,(H,20,21). The van der Waals surface area contributed by atoms with Crippen molar-refractivity contribution in [2.45, 2.75) is 39.0 Å². The quantitative estimate of drug-likeness (QED) is 0.929. The second-order valence-electron chi connectivity index (χ2n) is 5.78. The van der Waals surface area contributed by atoms with E-state index < -0.39 is 5.97 Å². The summed E-state index contributed by atoms with van der Waals surface area (Å²) >= 11 is 0. The third-order valence-corrected chi connectivity index (χ3v) is 4.33. The summed E-state index contributed by atoms with van der Waals surface area (Å²) < 4.78 is 13.4. The number of nitrogens with zero attached hydrogens (tertiary/aromatic N) is 1. The lowest BCUT2D eigenvalue weighted by Gasteiger charge is -2.25. The van der Waals surface area contributed by atoms with Crippen LogP contribution >= 0.6 is 0 Å². The average Bonchev–Trinajstić information content (AvgIpc) is 2.44. The monoisotopic (exact) mass is 287 g/mol. The van der Waals surface area contributed by atoms with Crippen LogP contribution in [0.1, 0.15) is 47.8 Å². The van der Waals surface area contributed by atoms with E-state index in [1.54, 1.807) is 0 Å². The number of rotatable bonds is 3. The number of hydrogen-bond acceptors (Lipinski definition) is 2. The fourth-order valence-electron chi connectivity index (χ4n) is 3.39. The first-order valence-electron chi connectivity index (χ1n) is 7.44. The van der Waals surface area contributed by atoms with Gasteiger partial charge in [-0.3, -0.25) is 4.98 Å². The van der Waals surface area contributed by atoms with Crippen molar-refractivity contribution in [2.24, 2.45) is 5.92 Å². The van der Waals surface area contributed by atoms with Crippen molar-refractivity contribution >= 4 is 16.9 Å². The van der Waals surface area contributed by atoms with Crippen LogP contribution in [-0.2, 0) is 12.8 Å². The highest BCUT2D eigenvalue weighted by molar-refractivity contribution is 6.04. The molecule has 3 rings (SSSR count). The van der Waals surface area contributed by atoms with Crippen molar-refractivity contribution < 1.29 is 14.3 Å². The van der Waals surface area contributed by atoms with E-state index in [1.165, 1.54) is 18.2 Å². The van der Waals surface area contributed by atoms with Crippen LogP contribution in [0.15, 0.2) is 18.2 Å². The van der Waals surface area contributed by atoms with Crippen molar-refractivity contribution in [3.05, 3.63) is 40.8 Å². The Morgan fingerprint density at radius 3 is 3.00 bits per heavy atom. The normalized spacial score (nSPS) is 17.7. The van der Waals surface area contributed by atoms with Gasteiger partial charge in [0.25, 0.3) is 0 Å². The molecule has 1 heterocycles. The molecule has 1 aromatic carbocycles. The van der Waals surface area contributed by atoms with Gasteiger partial charge in [0, 0.05) is 17.1 Å². The number of halogens is 1. The second-order valence-corrected chi connectivity index (χ2v) is 5.78. The van der Waals surface area contributed by atoms with Gasteiger partial charge in [-0.1, -0.05) is 19.8 Å². The molecule has 3 nitrogen and oxygen atoms in total. The molecule has 0 aliphatic heterocycles. The van der Waals surface area contributed by atoms with Crippen molar-refractivity contribution in [3.63, 3.8) is 0 Å². The van der Waals surface area contributed by atoms with E-state index in [9.17, 15) is 14.3 Å². The van der Waals surface area contributed by atoms with Gasteiger partial charge in [-0.25, -0.2) is 9.18 Å². The molecular weight excluding hydrogens is 269 g/mol. The van der Waals surface area contributed by atoms with Gasteiger partial charge in [-0.2, -0.15) is 0 Å². The largest absolute Gasteiger partial charge is 0.478 e. The molecule has 0 radical (unpaired) electrons. The number of hydrogen-bond donors (Lipinski definition) is 1. The molecule has 0 bridgehead atoms. The van der Waals surface area contributed by atoms with Gasteiger partial charge in [0.2, 0.25) is 0 Å². The number of carboxylic acids is 1. The highest BCUT2D eigenvalue weighted by Crippen LogP contribution is 2.33. The minimum atomic E-state index is -0.942. The van der Waals surface area contributed by atoms with E-state index in [-0.39, 0.29) is 5.82 Å². The van der Waals surface area contributed by atoms with Gasteiger partial charge >= 0.3 is 5.97 Å². The fraction of sp³-hybridized carbons (Fsp3) is 0.412. The Balaban J connectivity index is 2.20. The van der Waals surface area contributed by atoms with E-state index in [0.29, 0.717) is 22.4 Å². The molecule has 1 atom stereocenters. The summed E-state index contributed by atoms with van der Waals surface area (Å²) in [5.74, 6) is -0.798. The molecule has 1 aliphatic carbocycles. The second kappa shape index (κ2) is 5.43. The maximum Gasteiger partial charge on any atom is 0.336 e. The van der Waals surface area contributed by atoms with Gasteiger partial charge in [-0.05, 0) is 42.9 Å². The highest BCUT2D eigenvalue weighted by Gasteiger charge is 2.26. The molecule has 0 fully saturated rings. The summed E-state index contributed by atoms with van der Waals surface area (Å²) in [4.78, 5) is 16.2. The summed E-state index contributed by atoms with van der Waals surface area (Å²) in [5, 5.41) is 10.1. The summed E-state index contributed by atoms with van der Waals surface area (Å²) in [7, 11) is 0. The van der Waals surface area contributed by atoms with Crippen molar-refractivity contribution in [2.75, 3.05) is 0 Å². The zero-order valence-corrected chi connectivity index (χ0v) is 12.0. The molecule has 0 spiro atoms. The lowest BCUT2D eigenvalue weighted by molar-refractivity contribution is 0.0697. The number of carbonyl (C=O) groups is 1. The van der Waals surface area contributed by atoms with Crippen molar-refractivity contribution in [1.29, 1.82) is 0 Å². The van der Waals surface area contributed by atoms with Gasteiger partial charge in [0.1, 0.15) is 5.82 Å². The van der Waals surface area contributed by atoms with E-state index >= 15 is 0 Å². The Morgan fingerprint density at radius 2 is 2.29 bits per heavy atom. The molecule has 110 valence electrons. The smallest absolute Gasteiger partial charge is 0.336 e. The van der Waals surface area contributed by atoms with E-state index in [1.807, 2.05) is 0 Å². The van der Waals surface area contributed by atoms with Gasteiger partial charge in [0.15, 0.2) is 0 Å². The first-order chi connectivity index (χ1) is 10.1. The molecule has 21 heavy (non-hydrogen) atoms. The molecule has 4 heteroatoms. The van der Waals surface area contributed by atoms with Crippen LogP contribution in [0, 0.1) is 11.7 Å². The van der Waals surface area contributed by atoms with E-state index in [0.717, 1.165) is 43.4 Å². The Labute approximate surface area is 122 Å². The predicted octanol–water partition coefficient (Wildman–Crippen LogP) is 3.98. The lowest BCUT2D eigenvalue weighted by Crippen LogP contribution is -2.19. The Hall–Kier alpha value is -1.97. The molecule has 0 amide bonds. The highest BCUT2D eigenvalue weighted by atomic mass is 19.1. The molecular formula is C17H18FNO2. The number of aryl methyl sites for hydroxylation is 1. The number of fused-ring (bicyclic) bond motifs is 2. The third kappa shape index (κ3) is 2.50. The van der Waals surface area contributed by atoms with Crippen LogP contribution in [0.5, 0.6) is 0 Å². The first kappa shape index (κ1) is 14.0. The van der Waals surface area contributed by atoms with Crippen LogP contribution in [0.3, 0.4) is 0 Å². The SMILES string of the molecule is CCCC1CCc2nc3cc(F)ccc3c(C(=O)O)c2C1. The summed E-state index contributed by atoms with van der Waals surface area (Å²) in [5.41, 5.74) is 2.44. The van der Waals surface area contributed by atoms with Crippen LogP contribution in [0.2, 0.25) is 0 Å². The predicted molar refractivity (Wildman–Crippen MR) is 79.1 cm³/mol. The lowest BCUT2D eigenvalue weighted by atomic mass is 9.81. The first-order valence-corrected chi connectivity index (χ1v) is 7.44. The van der Waals surface area contributed by atoms with Gasteiger partial charge < -0.3 is 5.11 Å². The summed E-state index contributed by atoms with van der Waals surface area (Å²) in [6.07, 6.45) is 4.81. The maximum atomic E-state index is 13.4. The van der Waals surface area contributed by atoms with Crippen molar-refractivity contribution in [1.82, 2.24) is 4.98 Å². The molecule has 1 N–H and O–H groups in total. The van der Waals surface area contributed by atoms with Gasteiger partial charge in [-0.15, -0.1) is 0 Å². The van der Waals surface area contributed by atoms with Crippen LogP contribution < -0.4 is 0 Å². The summed E-state index contributed by atoms with van der Waals surface area (Å²) in [6.45, 7) is 2.15. The van der Waals surface area contributed by atoms with Crippen molar-refractivity contribution in [3.8, 4) is 0 Å². The number of pyridine rings is 1. The Kier molecular flexibility index (Phi) is 3.62. The van der Waals surface area contributed by atoms with E-state index in [4.69, 9.17) is 0 Å². The molecule has 1 unspecified atom stereocenters. The molecule has 1 aliphatic rings. The maximum absolute atomic E-state index is 13.4. The van der Waals surface area contributed by atoms with Gasteiger partial charge in [0.05, 0.1) is 11.1 Å². The minimum Gasteiger partial charge on any atom is -0.478 e. The third-order valence-electron chi connectivity index (χ3n) is 4.33. The molecule has 0 saturated heterocycles. The molecule has 1 aromatic heterocycles. The van der Waals surface area contributed by atoms with Crippen LogP contribution in [-0.4, -0.2) is 16.1 Å². The van der Waals surface area contributed by atoms with Crippen LogP contribution in [0.4, 0.5) is 4.39 Å². The number of carboxylic acid groups (broad SMARTS) is 1. The number of aromatic carboxylic acids is 1. The fourth-order valence-corrected chi connectivity index (χ4v) is 3.39. The number of aromatic nitrogens is 1. The zero-order chi connectivity index (χ0) is 15.0. The van der Waals surface area contributed by atoms with Crippen LogP contribution in [0.25, 0.3) is 10.9 Å². The average molecular weight is 287 g/mol. The van der Waals surface area contributed by atoms with E-state index in [2.05, 4.69) is 11.9 Å². The summed E-state index contributed by atoms with van der Waals surface area (Å²) in [6, 6.07) is 4.15. The zero-order valence-electron chi connectivity index (χ0n) is 12.0. The topological polar surface area (TPSA) is 50.2 Å². The molecule has 2 aromatic rings. The Bertz CT molecular complexity index is 711. The Morgan fingerprint density at radius 1 is 1.48 bits per heavy atom. The number of benzene rings is 1.